The first-order valence-electron chi connectivity index (χ1n) is 6.84. The summed E-state index contributed by atoms with van der Waals surface area (Å²) in [6.07, 6.45) is 2.21. The Kier molecular flexibility index (Phi) is 5.38. The fourth-order valence-corrected chi connectivity index (χ4v) is 4.29. The van der Waals surface area contributed by atoms with Gasteiger partial charge in [0.25, 0.3) is 0 Å². The van der Waals surface area contributed by atoms with Gasteiger partial charge in [-0.2, -0.15) is 0 Å². The minimum atomic E-state index is -2.76. The highest BCUT2D eigenvalue weighted by molar-refractivity contribution is 9.10. The van der Waals surface area contributed by atoms with E-state index in [1.54, 1.807) is 0 Å². The van der Waals surface area contributed by atoms with Gasteiger partial charge >= 0.3 is 23.9 Å². The zero-order chi connectivity index (χ0) is 19.8. The van der Waals surface area contributed by atoms with E-state index >= 15 is 0 Å². The van der Waals surface area contributed by atoms with Crippen molar-refractivity contribution in [1.29, 1.82) is 0 Å². The van der Waals surface area contributed by atoms with E-state index in [2.05, 4.69) is 31.9 Å². The third kappa shape index (κ3) is 2.95. The molecule has 0 spiro atoms. The lowest BCUT2D eigenvalue weighted by Gasteiger charge is -2.34. The number of allylic oxidation sites excluding steroid dienone is 3. The van der Waals surface area contributed by atoms with E-state index in [9.17, 15) is 34.5 Å². The van der Waals surface area contributed by atoms with Gasteiger partial charge in [-0.25, -0.2) is 9.59 Å². The third-order valence-corrected chi connectivity index (χ3v) is 5.78. The summed E-state index contributed by atoms with van der Waals surface area (Å²) in [6.45, 7) is 0. The minimum Gasteiger partial charge on any atom is -0.480 e. The van der Waals surface area contributed by atoms with Crippen molar-refractivity contribution >= 4 is 61.3 Å². The van der Waals surface area contributed by atoms with E-state index in [0.29, 0.717) is 5.56 Å². The molecule has 0 aromatic heterocycles. The van der Waals surface area contributed by atoms with E-state index in [1.807, 2.05) is 0 Å². The van der Waals surface area contributed by atoms with E-state index in [4.69, 9.17) is 5.11 Å². The van der Waals surface area contributed by atoms with Crippen LogP contribution in [0.4, 0.5) is 0 Å². The Bertz CT molecular complexity index is 886. The number of carboxylic acid groups (broad SMARTS) is 4. The normalized spacial score (nSPS) is 18.5. The fraction of sp³-hybridized carbons (Fsp3) is 0.125. The average molecular weight is 490 g/mol. The van der Waals surface area contributed by atoms with Crippen molar-refractivity contribution in [1.82, 2.24) is 0 Å². The number of halogens is 2. The first-order chi connectivity index (χ1) is 12.0. The molecule has 1 unspecified atom stereocenters. The molecular formula is C16H10Br2O8. The standard InChI is InChI=1S/C16H10Br2O8/c17-10-5-6(12(19)20)1-2-7(10)8-3-4-9(13(21)22)16(11(8)18,14(23)24)15(25)26/h1-5,11H,(H,19,20)(H,21,22)(H,23,24)(H,25,26). The van der Waals surface area contributed by atoms with Crippen LogP contribution in [-0.2, 0) is 14.4 Å². The maximum Gasteiger partial charge on any atom is 0.335 e. The van der Waals surface area contributed by atoms with Crippen molar-refractivity contribution in [2.45, 2.75) is 4.83 Å². The SMILES string of the molecule is O=C(O)C1=CC=C(c2ccc(C(=O)O)cc2Br)C(Br)C1(C(=O)O)C(=O)O. The minimum absolute atomic E-state index is 0.0346. The topological polar surface area (TPSA) is 149 Å². The third-order valence-electron chi connectivity index (χ3n) is 3.94. The number of carboxylic acids is 4. The van der Waals surface area contributed by atoms with Gasteiger partial charge in [-0.3, -0.25) is 9.59 Å². The maximum atomic E-state index is 11.8. The average Bonchev–Trinajstić information content (AvgIpc) is 2.53. The Morgan fingerprint density at radius 3 is 1.92 bits per heavy atom. The zero-order valence-electron chi connectivity index (χ0n) is 12.6. The smallest absolute Gasteiger partial charge is 0.335 e. The fourth-order valence-electron chi connectivity index (χ4n) is 2.65. The molecule has 1 atom stereocenters. The molecular weight excluding hydrogens is 480 g/mol. The highest BCUT2D eigenvalue weighted by Crippen LogP contribution is 2.47. The van der Waals surface area contributed by atoms with Crippen molar-refractivity contribution in [3.05, 3.63) is 51.5 Å². The molecule has 0 aliphatic heterocycles. The maximum absolute atomic E-state index is 11.8. The molecule has 2 rings (SSSR count). The Hall–Kier alpha value is -2.46. The Morgan fingerprint density at radius 1 is 0.923 bits per heavy atom. The second-order valence-corrected chi connectivity index (χ2v) is 7.06. The number of aromatic carboxylic acids is 1. The summed E-state index contributed by atoms with van der Waals surface area (Å²) in [7, 11) is 0. The summed E-state index contributed by atoms with van der Waals surface area (Å²) in [5, 5.41) is 37.4. The molecule has 10 heteroatoms. The van der Waals surface area contributed by atoms with E-state index in [-0.39, 0.29) is 15.6 Å². The van der Waals surface area contributed by atoms with E-state index in [0.717, 1.165) is 6.08 Å². The second kappa shape index (κ2) is 7.04. The monoisotopic (exact) mass is 488 g/mol. The van der Waals surface area contributed by atoms with E-state index in [1.165, 1.54) is 24.3 Å². The van der Waals surface area contributed by atoms with E-state index < -0.39 is 39.7 Å². The van der Waals surface area contributed by atoms with Gasteiger partial charge in [-0.05, 0) is 29.3 Å². The van der Waals surface area contributed by atoms with Crippen LogP contribution in [0.2, 0.25) is 0 Å². The molecule has 0 fully saturated rings. The molecule has 1 aliphatic carbocycles. The van der Waals surface area contributed by atoms with Crippen molar-refractivity contribution in [2.75, 3.05) is 0 Å². The quantitative estimate of drug-likeness (QED) is 0.364. The number of rotatable bonds is 5. The number of alkyl halides is 1. The number of benzene rings is 1. The number of carbonyl (C=O) groups is 4. The van der Waals surface area contributed by atoms with Crippen molar-refractivity contribution in [3.63, 3.8) is 0 Å². The highest BCUT2D eigenvalue weighted by atomic mass is 79.9. The Balaban J connectivity index is 2.73. The molecule has 1 aromatic rings. The lowest BCUT2D eigenvalue weighted by Crippen LogP contribution is -2.51. The molecule has 136 valence electrons. The summed E-state index contributed by atoms with van der Waals surface area (Å²) in [6, 6.07) is 3.92. The van der Waals surface area contributed by atoms with Crippen LogP contribution in [0.15, 0.2) is 40.4 Å². The van der Waals surface area contributed by atoms with Crippen LogP contribution in [0.5, 0.6) is 0 Å². The van der Waals surface area contributed by atoms with Gasteiger partial charge in [0.1, 0.15) is 0 Å². The van der Waals surface area contributed by atoms with Gasteiger partial charge < -0.3 is 20.4 Å². The zero-order valence-corrected chi connectivity index (χ0v) is 15.8. The summed E-state index contributed by atoms with van der Waals surface area (Å²) in [5.74, 6) is -6.53. The first-order valence-corrected chi connectivity index (χ1v) is 8.55. The molecule has 0 saturated heterocycles. The van der Waals surface area contributed by atoms with Crippen LogP contribution < -0.4 is 0 Å². The predicted molar refractivity (Wildman–Crippen MR) is 95.2 cm³/mol. The molecule has 26 heavy (non-hydrogen) atoms. The van der Waals surface area contributed by atoms with Gasteiger partial charge in [0.15, 0.2) is 0 Å². The second-order valence-electron chi connectivity index (χ2n) is 5.29. The van der Waals surface area contributed by atoms with Crippen LogP contribution in [-0.4, -0.2) is 49.1 Å². The van der Waals surface area contributed by atoms with Crippen molar-refractivity contribution < 1.29 is 39.6 Å². The molecule has 0 radical (unpaired) electrons. The van der Waals surface area contributed by atoms with Gasteiger partial charge in [0.05, 0.1) is 16.0 Å². The molecule has 1 aromatic carbocycles. The lowest BCUT2D eigenvalue weighted by atomic mass is 9.70. The number of hydrogen-bond donors (Lipinski definition) is 4. The van der Waals surface area contributed by atoms with Crippen LogP contribution in [0.1, 0.15) is 15.9 Å². The number of hydrogen-bond acceptors (Lipinski definition) is 4. The number of aliphatic carboxylic acids is 3. The van der Waals surface area contributed by atoms with Crippen molar-refractivity contribution in [3.8, 4) is 0 Å². The summed E-state index contributed by atoms with van der Waals surface area (Å²) in [5.41, 5.74) is -3.11. The molecule has 1 aliphatic rings. The highest BCUT2D eigenvalue weighted by Gasteiger charge is 2.60. The van der Waals surface area contributed by atoms with Crippen LogP contribution in [0, 0.1) is 5.41 Å². The largest absolute Gasteiger partial charge is 0.480 e. The van der Waals surface area contributed by atoms with Crippen LogP contribution in [0.3, 0.4) is 0 Å². The summed E-state index contributed by atoms with van der Waals surface area (Å²) in [4.78, 5) is 44.7. The molecule has 0 saturated carbocycles. The van der Waals surface area contributed by atoms with Gasteiger partial charge in [-0.15, -0.1) is 0 Å². The summed E-state index contributed by atoms with van der Waals surface area (Å²) < 4.78 is 0.282. The Morgan fingerprint density at radius 2 is 1.50 bits per heavy atom. The van der Waals surface area contributed by atoms with Gasteiger partial charge in [0, 0.05) is 4.47 Å². The molecule has 0 heterocycles. The summed E-state index contributed by atoms with van der Waals surface area (Å²) >= 11 is 6.21. The molecule has 0 amide bonds. The Labute approximate surface area is 162 Å². The lowest BCUT2D eigenvalue weighted by molar-refractivity contribution is -0.163. The molecule has 0 bridgehead atoms. The first kappa shape index (κ1) is 19.9. The van der Waals surface area contributed by atoms with Crippen LogP contribution in [0.25, 0.3) is 5.57 Å². The van der Waals surface area contributed by atoms with Crippen molar-refractivity contribution in [2.24, 2.45) is 5.41 Å². The van der Waals surface area contributed by atoms with Crippen LogP contribution >= 0.6 is 31.9 Å². The predicted octanol–water partition coefficient (Wildman–Crippen LogP) is 2.47. The van der Waals surface area contributed by atoms with Gasteiger partial charge in [-0.1, -0.05) is 44.0 Å². The molecule has 4 N–H and O–H groups in total. The molecule has 8 nitrogen and oxygen atoms in total. The van der Waals surface area contributed by atoms with Gasteiger partial charge in [0.2, 0.25) is 5.41 Å².